The molecule has 1 fully saturated rings. The highest BCUT2D eigenvalue weighted by Crippen LogP contribution is 2.33. The van der Waals surface area contributed by atoms with Crippen molar-refractivity contribution in [1.29, 1.82) is 0 Å². The van der Waals surface area contributed by atoms with Crippen molar-refractivity contribution in [2.75, 3.05) is 26.7 Å². The predicted octanol–water partition coefficient (Wildman–Crippen LogP) is 2.82. The van der Waals surface area contributed by atoms with E-state index in [0.29, 0.717) is 31.0 Å². The fourth-order valence-corrected chi connectivity index (χ4v) is 4.00. The van der Waals surface area contributed by atoms with Crippen molar-refractivity contribution in [1.82, 2.24) is 19.9 Å². The van der Waals surface area contributed by atoms with Gasteiger partial charge in [-0.05, 0) is 49.2 Å². The molecule has 0 bridgehead atoms. The largest absolute Gasteiger partial charge is 0.497 e. The lowest BCUT2D eigenvalue weighted by molar-refractivity contribution is 0.0779. The van der Waals surface area contributed by atoms with Crippen molar-refractivity contribution >= 4 is 18.3 Å². The van der Waals surface area contributed by atoms with Crippen molar-refractivity contribution < 1.29 is 9.53 Å². The first-order valence-corrected chi connectivity index (χ1v) is 9.73. The molecule has 0 aliphatic carbocycles. The van der Waals surface area contributed by atoms with Gasteiger partial charge in [-0.2, -0.15) is 0 Å². The van der Waals surface area contributed by atoms with E-state index in [1.54, 1.807) is 11.8 Å². The zero-order chi connectivity index (χ0) is 20.4. The zero-order valence-corrected chi connectivity index (χ0v) is 17.9. The van der Waals surface area contributed by atoms with Crippen LogP contribution in [0.4, 0.5) is 0 Å². The molecular weight excluding hydrogens is 402 g/mol. The van der Waals surface area contributed by atoms with Crippen molar-refractivity contribution in [3.8, 4) is 11.4 Å². The third-order valence-electron chi connectivity index (χ3n) is 5.67. The van der Waals surface area contributed by atoms with E-state index in [2.05, 4.69) is 22.4 Å². The average Bonchev–Trinajstić information content (AvgIpc) is 3.38. The summed E-state index contributed by atoms with van der Waals surface area (Å²) >= 11 is 0. The van der Waals surface area contributed by atoms with Crippen LogP contribution in [-0.2, 0) is 0 Å². The fourth-order valence-electron chi connectivity index (χ4n) is 4.00. The summed E-state index contributed by atoms with van der Waals surface area (Å²) < 4.78 is 6.88. The average molecular weight is 428 g/mol. The van der Waals surface area contributed by atoms with Gasteiger partial charge in [0.05, 0.1) is 18.5 Å². The van der Waals surface area contributed by atoms with Gasteiger partial charge in [-0.25, -0.2) is 4.68 Å². The van der Waals surface area contributed by atoms with Gasteiger partial charge in [0.25, 0.3) is 5.91 Å². The normalized spacial score (nSPS) is 18.2. The highest BCUT2D eigenvalue weighted by atomic mass is 35.5. The summed E-state index contributed by atoms with van der Waals surface area (Å²) in [6.07, 6.45) is 0. The highest BCUT2D eigenvalue weighted by molar-refractivity contribution is 5.93. The zero-order valence-electron chi connectivity index (χ0n) is 17.1. The Bertz CT molecular complexity index is 991. The Morgan fingerprint density at radius 3 is 2.47 bits per heavy atom. The lowest BCUT2D eigenvalue weighted by atomic mass is 9.89. The van der Waals surface area contributed by atoms with Crippen LogP contribution in [0.3, 0.4) is 0 Å². The van der Waals surface area contributed by atoms with Crippen LogP contribution in [0.1, 0.15) is 27.7 Å². The number of likely N-dealkylation sites (tertiary alicyclic amines) is 1. The second kappa shape index (κ2) is 9.28. The molecular formula is C22H26ClN5O2. The molecule has 7 nitrogen and oxygen atoms in total. The van der Waals surface area contributed by atoms with E-state index in [4.69, 9.17) is 10.5 Å². The number of ether oxygens (including phenoxy) is 1. The first kappa shape index (κ1) is 21.8. The molecule has 8 heteroatoms. The molecule has 1 aromatic heterocycles. The second-order valence-electron chi connectivity index (χ2n) is 7.36. The monoisotopic (exact) mass is 427 g/mol. The van der Waals surface area contributed by atoms with Crippen molar-refractivity contribution in [3.63, 3.8) is 0 Å². The lowest BCUT2D eigenvalue weighted by Crippen LogP contribution is -2.30. The number of carbonyl (C=O) groups is 1. The number of carbonyl (C=O) groups excluding carboxylic acids is 1. The van der Waals surface area contributed by atoms with Crippen LogP contribution >= 0.6 is 12.4 Å². The Hall–Kier alpha value is -2.90. The van der Waals surface area contributed by atoms with Gasteiger partial charge in [0.2, 0.25) is 0 Å². The molecule has 30 heavy (non-hydrogen) atoms. The number of amides is 1. The van der Waals surface area contributed by atoms with Gasteiger partial charge in [-0.15, -0.1) is 17.5 Å². The fraction of sp³-hybridized carbons (Fsp3) is 0.318. The number of aromatic nitrogens is 3. The van der Waals surface area contributed by atoms with E-state index >= 15 is 0 Å². The molecule has 0 unspecified atom stereocenters. The minimum Gasteiger partial charge on any atom is -0.497 e. The third-order valence-corrected chi connectivity index (χ3v) is 5.67. The summed E-state index contributed by atoms with van der Waals surface area (Å²) in [7, 11) is 1.62. The van der Waals surface area contributed by atoms with Gasteiger partial charge in [0, 0.05) is 19.0 Å². The maximum atomic E-state index is 13.2. The number of hydrogen-bond donors (Lipinski definition) is 1. The number of rotatable bonds is 5. The Kier molecular flexibility index (Phi) is 6.74. The first-order valence-electron chi connectivity index (χ1n) is 9.73. The summed E-state index contributed by atoms with van der Waals surface area (Å²) in [6.45, 7) is 3.67. The lowest BCUT2D eigenvalue weighted by Gasteiger charge is -2.16. The molecule has 1 saturated heterocycles. The van der Waals surface area contributed by atoms with Crippen LogP contribution in [-0.4, -0.2) is 52.5 Å². The molecule has 2 heterocycles. The topological polar surface area (TPSA) is 86.3 Å². The van der Waals surface area contributed by atoms with Gasteiger partial charge in [-0.3, -0.25) is 4.79 Å². The molecule has 2 N–H and O–H groups in total. The van der Waals surface area contributed by atoms with E-state index in [1.807, 2.05) is 54.3 Å². The van der Waals surface area contributed by atoms with E-state index in [-0.39, 0.29) is 30.2 Å². The molecule has 1 aliphatic rings. The Morgan fingerprint density at radius 2 is 1.83 bits per heavy atom. The van der Waals surface area contributed by atoms with Crippen molar-refractivity contribution in [3.05, 3.63) is 71.5 Å². The van der Waals surface area contributed by atoms with Crippen LogP contribution in [0.15, 0.2) is 54.6 Å². The van der Waals surface area contributed by atoms with Gasteiger partial charge in [0.15, 0.2) is 5.69 Å². The van der Waals surface area contributed by atoms with E-state index in [0.717, 1.165) is 11.4 Å². The van der Waals surface area contributed by atoms with Gasteiger partial charge in [0.1, 0.15) is 5.75 Å². The summed E-state index contributed by atoms with van der Waals surface area (Å²) in [5.74, 6) is 1.14. The summed E-state index contributed by atoms with van der Waals surface area (Å²) in [5, 5.41) is 8.39. The number of nitrogens with two attached hydrogens (primary N) is 1. The number of benzene rings is 2. The molecule has 1 amide bonds. The van der Waals surface area contributed by atoms with Crippen LogP contribution in [0.25, 0.3) is 5.69 Å². The summed E-state index contributed by atoms with van der Waals surface area (Å²) in [5.41, 5.74) is 9.16. The minimum atomic E-state index is -0.0980. The Balaban J connectivity index is 0.00000256. The molecule has 2 atom stereocenters. The van der Waals surface area contributed by atoms with Gasteiger partial charge in [-0.1, -0.05) is 35.5 Å². The Morgan fingerprint density at radius 1 is 1.13 bits per heavy atom. The predicted molar refractivity (Wildman–Crippen MR) is 118 cm³/mol. The molecule has 0 spiro atoms. The molecule has 2 aromatic carbocycles. The van der Waals surface area contributed by atoms with Crippen LogP contribution in [0.2, 0.25) is 0 Å². The SMILES string of the molecule is COc1ccc(-n2nnc(C(=O)N3C[C@@H](CN)[C@H](c4ccccc4)C3)c2C)cc1.Cl. The van der Waals surface area contributed by atoms with Crippen LogP contribution in [0.5, 0.6) is 5.75 Å². The third kappa shape index (κ3) is 4.04. The van der Waals surface area contributed by atoms with E-state index in [1.165, 1.54) is 5.56 Å². The van der Waals surface area contributed by atoms with Crippen LogP contribution < -0.4 is 10.5 Å². The van der Waals surface area contributed by atoms with E-state index in [9.17, 15) is 4.79 Å². The maximum absolute atomic E-state index is 13.2. The first-order chi connectivity index (χ1) is 14.1. The molecule has 0 saturated carbocycles. The summed E-state index contributed by atoms with van der Waals surface area (Å²) in [4.78, 5) is 15.1. The van der Waals surface area contributed by atoms with Gasteiger partial charge >= 0.3 is 0 Å². The standard InChI is InChI=1S/C22H25N5O2.ClH/c1-15-21(24-25-27(15)18-8-10-19(29-2)11-9-18)22(28)26-13-17(12-23)20(14-26)16-6-4-3-5-7-16;/h3-11,17,20H,12-14,23H2,1-2H3;1H/t17-,20+;/m1./s1. The van der Waals surface area contributed by atoms with Crippen molar-refractivity contribution in [2.45, 2.75) is 12.8 Å². The van der Waals surface area contributed by atoms with Crippen LogP contribution in [0, 0.1) is 12.8 Å². The van der Waals surface area contributed by atoms with Crippen molar-refractivity contribution in [2.24, 2.45) is 11.7 Å². The molecule has 1 aliphatic heterocycles. The molecule has 3 aromatic rings. The highest BCUT2D eigenvalue weighted by Gasteiger charge is 2.37. The summed E-state index contributed by atoms with van der Waals surface area (Å²) in [6, 6.07) is 17.7. The Labute approximate surface area is 182 Å². The minimum absolute atomic E-state index is 0. The van der Waals surface area contributed by atoms with E-state index < -0.39 is 0 Å². The molecule has 4 rings (SSSR count). The number of halogens is 1. The molecule has 0 radical (unpaired) electrons. The molecule has 158 valence electrons. The number of nitrogens with zero attached hydrogens (tertiary/aromatic N) is 4. The second-order valence-corrected chi connectivity index (χ2v) is 7.36. The quantitative estimate of drug-likeness (QED) is 0.676. The maximum Gasteiger partial charge on any atom is 0.276 e. The number of hydrogen-bond acceptors (Lipinski definition) is 5. The smallest absolute Gasteiger partial charge is 0.276 e. The van der Waals surface area contributed by atoms with Gasteiger partial charge < -0.3 is 15.4 Å². The number of methoxy groups -OCH3 is 1.